The van der Waals surface area contributed by atoms with E-state index < -0.39 is 75.2 Å². The Morgan fingerprint density at radius 1 is 0.515 bits per heavy atom. The number of amides is 1. The number of aliphatic hydroxyl groups excluding tert-OH is 7. The van der Waals surface area contributed by atoms with Crippen LogP contribution in [0.25, 0.3) is 0 Å². The Kier molecular flexibility index (Phi) is 41.7. The van der Waals surface area contributed by atoms with E-state index in [2.05, 4.69) is 19.2 Å². The second-order valence-electron chi connectivity index (χ2n) is 20.3. The fourth-order valence-electron chi connectivity index (χ4n) is 9.30. The van der Waals surface area contributed by atoms with Crippen molar-refractivity contribution >= 4 is 13.7 Å². The SMILES string of the molecule is CCCCCCCCCCCCCCCCCCCC/C=C/C(O)C(COP(=O)(O)OC1C(O)C(O)C(O)C(O)C1O)NC(=O)CC(O)CCCCCCCCCCCCCCCCCCCC. The number of hydrogen-bond acceptors (Lipinski definition) is 11. The number of hydrogen-bond donors (Lipinski definition) is 9. The van der Waals surface area contributed by atoms with Crippen molar-refractivity contribution in [1.82, 2.24) is 5.32 Å². The molecule has 1 rings (SSSR count). The number of aliphatic hydroxyl groups is 7. The molecule has 1 amide bonds. The molecule has 14 heteroatoms. The van der Waals surface area contributed by atoms with Gasteiger partial charge in [0.2, 0.25) is 5.91 Å². The number of carbonyl (C=O) groups excluding carboxylic acids is 1. The van der Waals surface area contributed by atoms with Gasteiger partial charge in [0.05, 0.1) is 31.3 Å². The molecule has 0 saturated heterocycles. The topological polar surface area (TPSA) is 226 Å². The van der Waals surface area contributed by atoms with Crippen LogP contribution in [-0.2, 0) is 18.4 Å². The molecular weight excluding hydrogens is 886 g/mol. The van der Waals surface area contributed by atoms with E-state index in [1.807, 2.05) is 0 Å². The molecule has 8 unspecified atom stereocenters. The Morgan fingerprint density at radius 3 is 1.21 bits per heavy atom. The molecule has 13 nitrogen and oxygen atoms in total. The summed E-state index contributed by atoms with van der Waals surface area (Å²) in [6.07, 6.45) is 35.7. The molecule has 1 aliphatic rings. The van der Waals surface area contributed by atoms with Crippen LogP contribution < -0.4 is 5.32 Å². The molecule has 0 bridgehead atoms. The maximum atomic E-state index is 13.1. The maximum absolute atomic E-state index is 13.1. The second kappa shape index (κ2) is 43.6. The van der Waals surface area contributed by atoms with E-state index in [1.165, 1.54) is 192 Å². The zero-order valence-electron chi connectivity index (χ0n) is 43.3. The Labute approximate surface area is 414 Å². The van der Waals surface area contributed by atoms with Crippen molar-refractivity contribution in [2.24, 2.45) is 0 Å². The summed E-state index contributed by atoms with van der Waals surface area (Å²) in [7, 11) is -5.14. The van der Waals surface area contributed by atoms with Gasteiger partial charge in [0.1, 0.15) is 36.6 Å². The number of phosphoric acid groups is 1. The van der Waals surface area contributed by atoms with Gasteiger partial charge in [-0.25, -0.2) is 4.57 Å². The maximum Gasteiger partial charge on any atom is 0.472 e. The van der Waals surface area contributed by atoms with Gasteiger partial charge in [0.25, 0.3) is 0 Å². The van der Waals surface area contributed by atoms with Gasteiger partial charge in [-0.1, -0.05) is 251 Å². The van der Waals surface area contributed by atoms with Gasteiger partial charge in [0.15, 0.2) is 0 Å². The summed E-state index contributed by atoms with van der Waals surface area (Å²) in [4.78, 5) is 23.6. The minimum absolute atomic E-state index is 0.239. The summed E-state index contributed by atoms with van der Waals surface area (Å²) in [5.74, 6) is -0.587. The largest absolute Gasteiger partial charge is 0.472 e. The lowest BCUT2D eigenvalue weighted by Gasteiger charge is -2.41. The molecule has 0 heterocycles. The van der Waals surface area contributed by atoms with Crippen LogP contribution in [-0.4, -0.2) is 108 Å². The summed E-state index contributed by atoms with van der Waals surface area (Å²) in [5.41, 5.74) is 0. The summed E-state index contributed by atoms with van der Waals surface area (Å²) in [6, 6.07) is -1.24. The predicted octanol–water partition coefficient (Wildman–Crippen LogP) is 11.3. The first kappa shape index (κ1) is 65.1. The monoisotopic (exact) mass is 992 g/mol. The number of carbonyl (C=O) groups is 1. The molecular formula is C54H106NO12P. The first-order valence-electron chi connectivity index (χ1n) is 28.2. The van der Waals surface area contributed by atoms with Crippen LogP contribution in [0.5, 0.6) is 0 Å². The quantitative estimate of drug-likeness (QED) is 0.0158. The zero-order chi connectivity index (χ0) is 50.1. The lowest BCUT2D eigenvalue weighted by molar-refractivity contribution is -0.220. The lowest BCUT2D eigenvalue weighted by atomic mass is 9.85. The number of phosphoric ester groups is 1. The summed E-state index contributed by atoms with van der Waals surface area (Å²) < 4.78 is 23.0. The first-order chi connectivity index (χ1) is 32.8. The molecule has 68 heavy (non-hydrogen) atoms. The van der Waals surface area contributed by atoms with E-state index in [9.17, 15) is 50.0 Å². The highest BCUT2D eigenvalue weighted by molar-refractivity contribution is 7.47. The third-order valence-electron chi connectivity index (χ3n) is 13.9. The van der Waals surface area contributed by atoms with Crippen molar-refractivity contribution in [2.45, 2.75) is 319 Å². The molecule has 0 aromatic carbocycles. The molecule has 0 aromatic rings. The van der Waals surface area contributed by atoms with Gasteiger partial charge in [-0.15, -0.1) is 0 Å². The smallest absolute Gasteiger partial charge is 0.393 e. The van der Waals surface area contributed by atoms with Crippen molar-refractivity contribution in [3.63, 3.8) is 0 Å². The van der Waals surface area contributed by atoms with Crippen LogP contribution in [0.4, 0.5) is 0 Å². The summed E-state index contributed by atoms with van der Waals surface area (Å²) in [5, 5.41) is 74.8. The van der Waals surface area contributed by atoms with Crippen LogP contribution >= 0.6 is 7.82 Å². The van der Waals surface area contributed by atoms with Gasteiger partial charge < -0.3 is 46.0 Å². The first-order valence-corrected chi connectivity index (χ1v) is 29.7. The van der Waals surface area contributed by atoms with Crippen molar-refractivity contribution < 1.29 is 59.0 Å². The van der Waals surface area contributed by atoms with E-state index in [1.54, 1.807) is 6.08 Å². The normalized spacial score (nSPS) is 22.1. The van der Waals surface area contributed by atoms with Crippen molar-refractivity contribution in [3.05, 3.63) is 12.2 Å². The number of allylic oxidation sites excluding steroid dienone is 1. The van der Waals surface area contributed by atoms with Crippen LogP contribution in [0.15, 0.2) is 12.2 Å². The van der Waals surface area contributed by atoms with E-state index in [0.717, 1.165) is 44.9 Å². The third-order valence-corrected chi connectivity index (χ3v) is 14.9. The molecule has 1 saturated carbocycles. The molecule has 404 valence electrons. The van der Waals surface area contributed by atoms with Gasteiger partial charge >= 0.3 is 7.82 Å². The van der Waals surface area contributed by atoms with Gasteiger partial charge in [-0.05, 0) is 19.3 Å². The molecule has 0 aliphatic heterocycles. The van der Waals surface area contributed by atoms with Crippen molar-refractivity contribution in [2.75, 3.05) is 6.61 Å². The number of rotatable bonds is 48. The van der Waals surface area contributed by atoms with Gasteiger partial charge in [0, 0.05) is 0 Å². The van der Waals surface area contributed by atoms with Crippen molar-refractivity contribution in [1.29, 1.82) is 0 Å². The highest BCUT2D eigenvalue weighted by Crippen LogP contribution is 2.47. The van der Waals surface area contributed by atoms with E-state index in [4.69, 9.17) is 9.05 Å². The average Bonchev–Trinajstić information content (AvgIpc) is 3.31. The second-order valence-corrected chi connectivity index (χ2v) is 21.7. The van der Waals surface area contributed by atoms with Crippen LogP contribution in [0.2, 0.25) is 0 Å². The molecule has 0 aromatic heterocycles. The van der Waals surface area contributed by atoms with Crippen LogP contribution in [0, 0.1) is 0 Å². The Bertz CT molecular complexity index is 1210. The zero-order valence-corrected chi connectivity index (χ0v) is 44.2. The highest BCUT2D eigenvalue weighted by Gasteiger charge is 2.51. The average molecular weight is 992 g/mol. The summed E-state index contributed by atoms with van der Waals surface area (Å²) in [6.45, 7) is 3.79. The standard InChI is InChI=1S/C54H106NO12P/c1-3-5-7-9-11-13-15-17-19-21-23-24-26-28-30-32-34-36-38-40-42-47(57)46(44-66-68(64,65)67-54-52(62)50(60)49(59)51(61)53(54)63)55-48(58)43-45(56)41-39-37-35-33-31-29-27-25-22-20-18-16-14-12-10-8-6-4-2/h40,42,45-47,49-54,56-57,59-63H,3-39,41,43-44H2,1-2H3,(H,55,58)(H,64,65)/b42-40+. The molecule has 1 fully saturated rings. The van der Waals surface area contributed by atoms with Gasteiger partial charge in [-0.2, -0.15) is 0 Å². The number of nitrogens with one attached hydrogen (secondary N) is 1. The molecule has 9 N–H and O–H groups in total. The van der Waals surface area contributed by atoms with Crippen molar-refractivity contribution in [3.8, 4) is 0 Å². The molecule has 0 spiro atoms. The lowest BCUT2D eigenvalue weighted by Crippen LogP contribution is -2.64. The van der Waals surface area contributed by atoms with Gasteiger partial charge in [-0.3, -0.25) is 13.8 Å². The summed E-state index contributed by atoms with van der Waals surface area (Å²) >= 11 is 0. The Morgan fingerprint density at radius 2 is 0.838 bits per heavy atom. The fraction of sp³-hybridized carbons (Fsp3) is 0.944. The van der Waals surface area contributed by atoms with Crippen LogP contribution in [0.3, 0.4) is 0 Å². The van der Waals surface area contributed by atoms with E-state index in [0.29, 0.717) is 12.8 Å². The van der Waals surface area contributed by atoms with E-state index in [-0.39, 0.29) is 6.42 Å². The predicted molar refractivity (Wildman–Crippen MR) is 275 cm³/mol. The minimum atomic E-state index is -5.14. The minimum Gasteiger partial charge on any atom is -0.393 e. The number of unbranched alkanes of at least 4 members (excludes halogenated alkanes) is 35. The Balaban J connectivity index is 2.43. The molecule has 8 atom stereocenters. The molecule has 1 aliphatic carbocycles. The van der Waals surface area contributed by atoms with E-state index >= 15 is 0 Å². The van der Waals surface area contributed by atoms with Crippen LogP contribution in [0.1, 0.15) is 264 Å². The third kappa shape index (κ3) is 34.4. The highest BCUT2D eigenvalue weighted by atomic mass is 31.2. The fourth-order valence-corrected chi connectivity index (χ4v) is 10.3. The Hall–Kier alpha value is -0.960. The molecule has 0 radical (unpaired) electrons.